The standard InChI is InChI=1S/C26H25N3O4/c1-33-26(32)19-9-12-21-22(15-19)29-25(31)23(21)24(18-5-3-2-4-6-18)28-20-10-7-17(8-11-20)16-27-13-14-30/h2-12,15,23,27,30H,13-14,16H2,1H3,(H,29,31). The number of ether oxygens (including phenoxy) is 1. The molecule has 3 aromatic carbocycles. The quantitative estimate of drug-likeness (QED) is 0.281. The number of amides is 1. The number of benzene rings is 3. The van der Waals surface area contributed by atoms with Gasteiger partial charge in [-0.2, -0.15) is 0 Å². The second kappa shape index (κ2) is 10.2. The predicted octanol–water partition coefficient (Wildman–Crippen LogP) is 3.41. The molecule has 7 heteroatoms. The number of hydrogen-bond acceptors (Lipinski definition) is 6. The van der Waals surface area contributed by atoms with Crippen molar-refractivity contribution in [2.75, 3.05) is 25.6 Å². The average molecular weight is 444 g/mol. The molecule has 1 amide bonds. The van der Waals surface area contributed by atoms with Crippen molar-refractivity contribution in [2.24, 2.45) is 4.99 Å². The van der Waals surface area contributed by atoms with Crippen molar-refractivity contribution in [1.29, 1.82) is 0 Å². The Morgan fingerprint density at radius 3 is 2.52 bits per heavy atom. The molecule has 3 aromatic rings. The van der Waals surface area contributed by atoms with Crippen LogP contribution in [0.2, 0.25) is 0 Å². The third-order valence-electron chi connectivity index (χ3n) is 5.45. The summed E-state index contributed by atoms with van der Waals surface area (Å²) in [7, 11) is 1.32. The molecule has 7 nitrogen and oxygen atoms in total. The third kappa shape index (κ3) is 5.00. The highest BCUT2D eigenvalue weighted by atomic mass is 16.5. The van der Waals surface area contributed by atoms with Gasteiger partial charge in [-0.05, 0) is 41.0 Å². The van der Waals surface area contributed by atoms with Crippen LogP contribution < -0.4 is 10.6 Å². The van der Waals surface area contributed by atoms with E-state index in [0.29, 0.717) is 30.1 Å². The van der Waals surface area contributed by atoms with Crippen LogP contribution in [0.1, 0.15) is 33.0 Å². The molecule has 33 heavy (non-hydrogen) atoms. The average Bonchev–Trinajstić information content (AvgIpc) is 3.18. The Hall–Kier alpha value is -3.81. The van der Waals surface area contributed by atoms with Crippen LogP contribution in [0, 0.1) is 0 Å². The molecule has 4 rings (SSSR count). The molecule has 1 heterocycles. The highest BCUT2D eigenvalue weighted by molar-refractivity contribution is 6.24. The van der Waals surface area contributed by atoms with Gasteiger partial charge < -0.3 is 20.5 Å². The van der Waals surface area contributed by atoms with Gasteiger partial charge in [-0.3, -0.25) is 9.79 Å². The van der Waals surface area contributed by atoms with Gasteiger partial charge in [0, 0.05) is 18.8 Å². The normalized spacial score (nSPS) is 15.2. The number of anilines is 1. The van der Waals surface area contributed by atoms with E-state index in [1.54, 1.807) is 18.2 Å². The smallest absolute Gasteiger partial charge is 0.337 e. The van der Waals surface area contributed by atoms with Crippen LogP contribution in [0.25, 0.3) is 0 Å². The maximum Gasteiger partial charge on any atom is 0.337 e. The number of hydrogen-bond donors (Lipinski definition) is 3. The molecule has 1 aliphatic rings. The maximum absolute atomic E-state index is 13.1. The highest BCUT2D eigenvalue weighted by Crippen LogP contribution is 2.37. The fourth-order valence-corrected chi connectivity index (χ4v) is 3.82. The van der Waals surface area contributed by atoms with E-state index >= 15 is 0 Å². The summed E-state index contributed by atoms with van der Waals surface area (Å²) in [5, 5.41) is 14.9. The minimum absolute atomic E-state index is 0.0921. The zero-order valence-electron chi connectivity index (χ0n) is 18.2. The number of nitrogens with one attached hydrogen (secondary N) is 2. The van der Waals surface area contributed by atoms with Crippen LogP contribution in [0.5, 0.6) is 0 Å². The maximum atomic E-state index is 13.1. The highest BCUT2D eigenvalue weighted by Gasteiger charge is 2.35. The fraction of sp³-hybridized carbons (Fsp3) is 0.192. The van der Waals surface area contributed by atoms with Crippen molar-refractivity contribution in [2.45, 2.75) is 12.5 Å². The third-order valence-corrected chi connectivity index (χ3v) is 5.45. The molecule has 1 atom stereocenters. The molecule has 0 spiro atoms. The Balaban J connectivity index is 1.71. The number of methoxy groups -OCH3 is 1. The fourth-order valence-electron chi connectivity index (χ4n) is 3.82. The van der Waals surface area contributed by atoms with E-state index in [0.717, 1.165) is 22.4 Å². The molecule has 0 fully saturated rings. The van der Waals surface area contributed by atoms with E-state index in [-0.39, 0.29) is 12.5 Å². The second-order valence-electron chi connectivity index (χ2n) is 7.65. The number of carbonyl (C=O) groups excluding carboxylic acids is 2. The second-order valence-corrected chi connectivity index (χ2v) is 7.65. The molecule has 0 saturated carbocycles. The first kappa shape index (κ1) is 22.4. The molecule has 3 N–H and O–H groups in total. The molecule has 1 aliphatic heterocycles. The summed E-state index contributed by atoms with van der Waals surface area (Å²) in [6, 6.07) is 22.4. The Bertz CT molecular complexity index is 1170. The van der Waals surface area contributed by atoms with Gasteiger partial charge in [0.05, 0.1) is 30.7 Å². The minimum Gasteiger partial charge on any atom is -0.465 e. The van der Waals surface area contributed by atoms with Crippen molar-refractivity contribution in [3.05, 3.63) is 95.1 Å². The monoisotopic (exact) mass is 443 g/mol. The van der Waals surface area contributed by atoms with Crippen molar-refractivity contribution in [1.82, 2.24) is 5.32 Å². The van der Waals surface area contributed by atoms with Crippen molar-refractivity contribution >= 4 is 29.0 Å². The van der Waals surface area contributed by atoms with Crippen LogP contribution in [0.4, 0.5) is 11.4 Å². The van der Waals surface area contributed by atoms with E-state index < -0.39 is 11.9 Å². The van der Waals surface area contributed by atoms with Crippen LogP contribution in [-0.4, -0.2) is 43.0 Å². The Morgan fingerprint density at radius 2 is 1.82 bits per heavy atom. The first-order valence-electron chi connectivity index (χ1n) is 10.7. The summed E-state index contributed by atoms with van der Waals surface area (Å²) in [6.07, 6.45) is 0. The molecule has 168 valence electrons. The van der Waals surface area contributed by atoms with Gasteiger partial charge in [0.25, 0.3) is 0 Å². The Kier molecular flexibility index (Phi) is 6.92. The lowest BCUT2D eigenvalue weighted by molar-refractivity contribution is -0.115. The van der Waals surface area contributed by atoms with E-state index in [4.69, 9.17) is 14.8 Å². The molecule has 0 radical (unpaired) electrons. The first-order chi connectivity index (χ1) is 16.1. The summed E-state index contributed by atoms with van der Waals surface area (Å²) in [5.74, 6) is -1.26. The number of nitrogens with zero attached hydrogens (tertiary/aromatic N) is 1. The largest absolute Gasteiger partial charge is 0.465 e. The van der Waals surface area contributed by atoms with Crippen molar-refractivity contribution in [3.8, 4) is 0 Å². The lowest BCUT2D eigenvalue weighted by Crippen LogP contribution is -2.22. The van der Waals surface area contributed by atoms with E-state index in [2.05, 4.69) is 10.6 Å². The summed E-state index contributed by atoms with van der Waals surface area (Å²) >= 11 is 0. The number of fused-ring (bicyclic) bond motifs is 1. The van der Waals surface area contributed by atoms with Gasteiger partial charge in [-0.1, -0.05) is 48.5 Å². The van der Waals surface area contributed by atoms with E-state index in [1.165, 1.54) is 7.11 Å². The lowest BCUT2D eigenvalue weighted by Gasteiger charge is -2.14. The molecular formula is C26H25N3O4. The van der Waals surface area contributed by atoms with Crippen LogP contribution in [0.15, 0.2) is 77.8 Å². The summed E-state index contributed by atoms with van der Waals surface area (Å²) < 4.78 is 4.79. The number of aliphatic imine (C=N–C) groups is 1. The Labute approximate surface area is 192 Å². The Morgan fingerprint density at radius 1 is 1.06 bits per heavy atom. The zero-order valence-corrected chi connectivity index (χ0v) is 18.2. The molecule has 0 saturated heterocycles. The minimum atomic E-state index is -0.611. The summed E-state index contributed by atoms with van der Waals surface area (Å²) in [6.45, 7) is 1.28. The molecule has 0 aliphatic carbocycles. The molecular weight excluding hydrogens is 418 g/mol. The molecule has 0 aromatic heterocycles. The summed E-state index contributed by atoms with van der Waals surface area (Å²) in [5.41, 5.74) is 5.00. The van der Waals surface area contributed by atoms with Gasteiger partial charge in [0.1, 0.15) is 5.92 Å². The number of esters is 1. The molecule has 0 bridgehead atoms. The van der Waals surface area contributed by atoms with Crippen LogP contribution >= 0.6 is 0 Å². The van der Waals surface area contributed by atoms with Gasteiger partial charge in [0.2, 0.25) is 5.91 Å². The van der Waals surface area contributed by atoms with Gasteiger partial charge >= 0.3 is 5.97 Å². The topological polar surface area (TPSA) is 100 Å². The number of rotatable bonds is 8. The zero-order chi connectivity index (χ0) is 23.2. The van der Waals surface area contributed by atoms with Gasteiger partial charge in [-0.25, -0.2) is 4.79 Å². The van der Waals surface area contributed by atoms with Crippen molar-refractivity contribution < 1.29 is 19.4 Å². The molecule has 1 unspecified atom stereocenters. The van der Waals surface area contributed by atoms with Crippen LogP contribution in [0.3, 0.4) is 0 Å². The first-order valence-corrected chi connectivity index (χ1v) is 10.7. The van der Waals surface area contributed by atoms with Gasteiger partial charge in [0.15, 0.2) is 0 Å². The predicted molar refractivity (Wildman–Crippen MR) is 127 cm³/mol. The van der Waals surface area contributed by atoms with E-state index in [1.807, 2.05) is 54.6 Å². The number of aliphatic hydroxyl groups is 1. The van der Waals surface area contributed by atoms with E-state index in [9.17, 15) is 9.59 Å². The van der Waals surface area contributed by atoms with Gasteiger partial charge in [-0.15, -0.1) is 0 Å². The number of aliphatic hydroxyl groups excluding tert-OH is 1. The SMILES string of the molecule is COC(=O)c1ccc2c(c1)NC(=O)C2C(=Nc1ccc(CNCCO)cc1)c1ccccc1. The van der Waals surface area contributed by atoms with Crippen LogP contribution in [-0.2, 0) is 16.1 Å². The summed E-state index contributed by atoms with van der Waals surface area (Å²) in [4.78, 5) is 29.8. The van der Waals surface area contributed by atoms with Crippen molar-refractivity contribution in [3.63, 3.8) is 0 Å². The number of carbonyl (C=O) groups is 2. The lowest BCUT2D eigenvalue weighted by atomic mass is 9.90.